The van der Waals surface area contributed by atoms with Gasteiger partial charge < -0.3 is 4.74 Å². The lowest BCUT2D eigenvalue weighted by Crippen LogP contribution is -2.10. The monoisotopic (exact) mass is 162 g/mol. The summed E-state index contributed by atoms with van der Waals surface area (Å²) in [6.07, 6.45) is 14.3. The smallest absolute Gasteiger partial charge is 0.128 e. The van der Waals surface area contributed by atoms with Gasteiger partial charge in [-0.1, -0.05) is 12.0 Å². The molecule has 0 saturated carbocycles. The van der Waals surface area contributed by atoms with Crippen LogP contribution in [-0.4, -0.2) is 12.7 Å². The number of terminal acetylenes is 2. The van der Waals surface area contributed by atoms with Gasteiger partial charge in [0, 0.05) is 13.0 Å². The van der Waals surface area contributed by atoms with Gasteiger partial charge >= 0.3 is 0 Å². The van der Waals surface area contributed by atoms with Crippen molar-refractivity contribution in [1.29, 1.82) is 0 Å². The Morgan fingerprint density at radius 1 is 1.50 bits per heavy atom. The minimum absolute atomic E-state index is 0.222. The molecule has 0 bridgehead atoms. The fraction of sp³-hybridized carbons (Fsp3) is 0.455. The van der Waals surface area contributed by atoms with Gasteiger partial charge in [-0.15, -0.1) is 25.3 Å². The van der Waals surface area contributed by atoms with E-state index in [9.17, 15) is 0 Å². The van der Waals surface area contributed by atoms with Crippen LogP contribution in [0.5, 0.6) is 0 Å². The highest BCUT2D eigenvalue weighted by Crippen LogP contribution is 1.98. The zero-order valence-corrected chi connectivity index (χ0v) is 7.25. The highest BCUT2D eigenvalue weighted by atomic mass is 16.5. The van der Waals surface area contributed by atoms with E-state index in [0.29, 0.717) is 13.0 Å². The Morgan fingerprint density at radius 2 is 2.25 bits per heavy atom. The molecule has 0 aliphatic rings. The third-order valence-electron chi connectivity index (χ3n) is 1.36. The SMILES string of the molecule is C#CCC(C#C)OCCCC=C. The Kier molecular flexibility index (Phi) is 7.14. The minimum Gasteiger partial charge on any atom is -0.365 e. The zero-order valence-electron chi connectivity index (χ0n) is 7.25. The van der Waals surface area contributed by atoms with Crippen molar-refractivity contribution in [2.45, 2.75) is 25.4 Å². The second kappa shape index (κ2) is 7.92. The maximum absolute atomic E-state index is 5.31. The van der Waals surface area contributed by atoms with Crippen molar-refractivity contribution < 1.29 is 4.74 Å². The molecule has 0 radical (unpaired) electrons. The van der Waals surface area contributed by atoms with Gasteiger partial charge in [-0.3, -0.25) is 0 Å². The van der Waals surface area contributed by atoms with Gasteiger partial charge in [0.15, 0.2) is 0 Å². The molecule has 0 N–H and O–H groups in total. The Bertz CT molecular complexity index is 192. The molecule has 64 valence electrons. The quantitative estimate of drug-likeness (QED) is 0.330. The number of ether oxygens (including phenoxy) is 1. The number of rotatable bonds is 6. The predicted molar refractivity (Wildman–Crippen MR) is 51.5 cm³/mol. The normalized spacial score (nSPS) is 11.2. The maximum atomic E-state index is 5.31. The van der Waals surface area contributed by atoms with Crippen molar-refractivity contribution in [2.75, 3.05) is 6.61 Å². The van der Waals surface area contributed by atoms with Gasteiger partial charge in [-0.2, -0.15) is 0 Å². The summed E-state index contributed by atoms with van der Waals surface area (Å²) < 4.78 is 5.31. The topological polar surface area (TPSA) is 9.23 Å². The molecule has 0 amide bonds. The van der Waals surface area contributed by atoms with Crippen LogP contribution in [0.3, 0.4) is 0 Å². The summed E-state index contributed by atoms with van der Waals surface area (Å²) in [5, 5.41) is 0. The van der Waals surface area contributed by atoms with Gasteiger partial charge in [0.1, 0.15) is 6.10 Å². The third-order valence-corrected chi connectivity index (χ3v) is 1.36. The molecule has 0 aromatic carbocycles. The second-order valence-corrected chi connectivity index (χ2v) is 2.37. The largest absolute Gasteiger partial charge is 0.365 e. The summed E-state index contributed by atoms with van der Waals surface area (Å²) in [5.74, 6) is 4.96. The van der Waals surface area contributed by atoms with Crippen molar-refractivity contribution in [2.24, 2.45) is 0 Å². The first-order chi connectivity index (χ1) is 5.85. The standard InChI is InChI=1S/C11H14O/c1-4-7-8-10-12-11(6-3)9-5-2/h2-4,11H,1,7-10H2. The van der Waals surface area contributed by atoms with Crippen LogP contribution in [0.25, 0.3) is 0 Å². The molecule has 1 atom stereocenters. The molecule has 0 aromatic heterocycles. The summed E-state index contributed by atoms with van der Waals surface area (Å²) in [6.45, 7) is 4.26. The minimum atomic E-state index is -0.222. The molecule has 0 saturated heterocycles. The van der Waals surface area contributed by atoms with Crippen LogP contribution in [0.4, 0.5) is 0 Å². The first-order valence-corrected chi connectivity index (χ1v) is 3.97. The van der Waals surface area contributed by atoms with Crippen LogP contribution >= 0.6 is 0 Å². The number of hydrogen-bond donors (Lipinski definition) is 0. The fourth-order valence-electron chi connectivity index (χ4n) is 0.726. The predicted octanol–water partition coefficient (Wildman–Crippen LogP) is 1.99. The molecule has 1 nitrogen and oxygen atoms in total. The van der Waals surface area contributed by atoms with E-state index in [-0.39, 0.29) is 6.10 Å². The van der Waals surface area contributed by atoms with Gasteiger partial charge in [0.25, 0.3) is 0 Å². The van der Waals surface area contributed by atoms with Gasteiger partial charge in [-0.25, -0.2) is 0 Å². The maximum Gasteiger partial charge on any atom is 0.128 e. The summed E-state index contributed by atoms with van der Waals surface area (Å²) in [6, 6.07) is 0. The van der Waals surface area contributed by atoms with E-state index < -0.39 is 0 Å². The Labute approximate surface area is 74.8 Å². The lowest BCUT2D eigenvalue weighted by molar-refractivity contribution is 0.0934. The first-order valence-electron chi connectivity index (χ1n) is 3.97. The molecular formula is C11H14O. The molecular weight excluding hydrogens is 148 g/mol. The zero-order chi connectivity index (χ0) is 9.23. The van der Waals surface area contributed by atoms with Crippen LogP contribution < -0.4 is 0 Å². The molecule has 0 aliphatic carbocycles. The van der Waals surface area contributed by atoms with Gasteiger partial charge in [-0.05, 0) is 12.8 Å². The Balaban J connectivity index is 3.41. The third kappa shape index (κ3) is 5.59. The van der Waals surface area contributed by atoms with Crippen molar-refractivity contribution in [3.63, 3.8) is 0 Å². The molecule has 12 heavy (non-hydrogen) atoms. The molecule has 0 spiro atoms. The van der Waals surface area contributed by atoms with Crippen molar-refractivity contribution in [3.05, 3.63) is 12.7 Å². The van der Waals surface area contributed by atoms with Crippen LogP contribution in [0, 0.1) is 24.7 Å². The highest BCUT2D eigenvalue weighted by Gasteiger charge is 2.00. The molecule has 1 unspecified atom stereocenters. The number of unbranched alkanes of at least 4 members (excludes halogenated alkanes) is 1. The van der Waals surface area contributed by atoms with Crippen LogP contribution in [0.15, 0.2) is 12.7 Å². The van der Waals surface area contributed by atoms with Crippen molar-refractivity contribution >= 4 is 0 Å². The molecule has 0 fully saturated rings. The summed E-state index contributed by atoms with van der Waals surface area (Å²) in [5.41, 5.74) is 0. The fourth-order valence-corrected chi connectivity index (χ4v) is 0.726. The number of allylic oxidation sites excluding steroid dienone is 1. The molecule has 0 rings (SSSR count). The van der Waals surface area contributed by atoms with Crippen LogP contribution in [-0.2, 0) is 4.74 Å². The molecule has 0 heterocycles. The average molecular weight is 162 g/mol. The van der Waals surface area contributed by atoms with Crippen molar-refractivity contribution in [1.82, 2.24) is 0 Å². The lowest BCUT2D eigenvalue weighted by atomic mass is 10.2. The summed E-state index contributed by atoms with van der Waals surface area (Å²) in [4.78, 5) is 0. The number of hydrogen-bond acceptors (Lipinski definition) is 1. The van der Waals surface area contributed by atoms with E-state index in [2.05, 4.69) is 18.4 Å². The van der Waals surface area contributed by atoms with Crippen LogP contribution in [0.2, 0.25) is 0 Å². The van der Waals surface area contributed by atoms with E-state index in [1.807, 2.05) is 6.08 Å². The summed E-state index contributed by atoms with van der Waals surface area (Å²) >= 11 is 0. The van der Waals surface area contributed by atoms with E-state index in [1.54, 1.807) is 0 Å². The Hall–Kier alpha value is -1.18. The van der Waals surface area contributed by atoms with Gasteiger partial charge in [0.05, 0.1) is 0 Å². The highest BCUT2D eigenvalue weighted by molar-refractivity contribution is 5.02. The van der Waals surface area contributed by atoms with E-state index in [0.717, 1.165) is 12.8 Å². The molecule has 0 aromatic rings. The van der Waals surface area contributed by atoms with Crippen LogP contribution in [0.1, 0.15) is 19.3 Å². The van der Waals surface area contributed by atoms with E-state index in [4.69, 9.17) is 17.6 Å². The molecule has 0 aliphatic heterocycles. The average Bonchev–Trinajstić information content (AvgIpc) is 2.10. The first kappa shape index (κ1) is 10.8. The Morgan fingerprint density at radius 3 is 2.75 bits per heavy atom. The molecule has 1 heteroatoms. The van der Waals surface area contributed by atoms with Crippen molar-refractivity contribution in [3.8, 4) is 24.7 Å². The van der Waals surface area contributed by atoms with E-state index in [1.165, 1.54) is 0 Å². The van der Waals surface area contributed by atoms with Gasteiger partial charge in [0.2, 0.25) is 0 Å². The lowest BCUT2D eigenvalue weighted by Gasteiger charge is -2.07. The summed E-state index contributed by atoms with van der Waals surface area (Å²) in [7, 11) is 0. The second-order valence-electron chi connectivity index (χ2n) is 2.37. The van der Waals surface area contributed by atoms with E-state index >= 15 is 0 Å².